The molecule has 5 heteroatoms. The van der Waals surface area contributed by atoms with Crippen LogP contribution in [0.2, 0.25) is 0 Å². The highest BCUT2D eigenvalue weighted by molar-refractivity contribution is 5.95. The second-order valence-electron chi connectivity index (χ2n) is 6.15. The van der Waals surface area contributed by atoms with Crippen LogP contribution in [0.25, 0.3) is 0 Å². The Kier molecular flexibility index (Phi) is 4.83. The summed E-state index contributed by atoms with van der Waals surface area (Å²) in [5.74, 6) is 1.14. The minimum absolute atomic E-state index is 0.0138. The lowest BCUT2D eigenvalue weighted by atomic mass is 9.95. The summed E-state index contributed by atoms with van der Waals surface area (Å²) >= 11 is 0. The predicted octanol–water partition coefficient (Wildman–Crippen LogP) is 2.28. The van der Waals surface area contributed by atoms with Gasteiger partial charge in [0.2, 0.25) is 0 Å². The summed E-state index contributed by atoms with van der Waals surface area (Å²) in [6.07, 6.45) is 1.06. The minimum atomic E-state index is 0.0138. The van der Waals surface area contributed by atoms with Crippen LogP contribution in [-0.4, -0.2) is 42.1 Å². The van der Waals surface area contributed by atoms with Crippen LogP contribution in [-0.2, 0) is 4.74 Å². The summed E-state index contributed by atoms with van der Waals surface area (Å²) in [6, 6.07) is 3.51. The van der Waals surface area contributed by atoms with Crippen molar-refractivity contribution >= 4 is 11.7 Å². The maximum absolute atomic E-state index is 12.7. The molecule has 1 aromatic rings. The Morgan fingerprint density at radius 2 is 2.19 bits per heavy atom. The normalized spacial score (nSPS) is 22.6. The van der Waals surface area contributed by atoms with Gasteiger partial charge in [-0.05, 0) is 30.4 Å². The summed E-state index contributed by atoms with van der Waals surface area (Å²) in [6.45, 7) is 7.64. The molecular formula is C16H25N3O2. The number of carbonyl (C=O) groups excluding carboxylic acids is 1. The highest BCUT2D eigenvalue weighted by Crippen LogP contribution is 2.23. The van der Waals surface area contributed by atoms with E-state index in [1.165, 1.54) is 0 Å². The SMILES string of the molecule is COC1CN(C(=O)c2cc(N)nc(C(C)C)c2)CCC1C. The number of amides is 1. The van der Waals surface area contributed by atoms with E-state index in [4.69, 9.17) is 10.5 Å². The molecule has 2 heterocycles. The van der Waals surface area contributed by atoms with Crippen molar-refractivity contribution in [3.63, 3.8) is 0 Å². The van der Waals surface area contributed by atoms with E-state index in [0.29, 0.717) is 23.8 Å². The number of carbonyl (C=O) groups is 1. The number of likely N-dealkylation sites (tertiary alicyclic amines) is 1. The Labute approximate surface area is 126 Å². The number of hydrogen-bond donors (Lipinski definition) is 1. The standard InChI is InChI=1S/C16H25N3O2/c1-10(2)13-7-12(8-15(17)18-13)16(20)19-6-5-11(3)14(9-19)21-4/h7-8,10-11,14H,5-6,9H2,1-4H3,(H2,17,18). The van der Waals surface area contributed by atoms with Crippen LogP contribution in [0.3, 0.4) is 0 Å². The third-order valence-corrected chi connectivity index (χ3v) is 4.18. The van der Waals surface area contributed by atoms with Crippen LogP contribution < -0.4 is 5.73 Å². The number of ether oxygens (including phenoxy) is 1. The number of anilines is 1. The highest BCUT2D eigenvalue weighted by Gasteiger charge is 2.29. The van der Waals surface area contributed by atoms with Crippen LogP contribution in [0.4, 0.5) is 5.82 Å². The zero-order valence-electron chi connectivity index (χ0n) is 13.3. The fourth-order valence-electron chi connectivity index (χ4n) is 2.70. The number of aromatic nitrogens is 1. The Morgan fingerprint density at radius 3 is 2.81 bits per heavy atom. The Morgan fingerprint density at radius 1 is 1.48 bits per heavy atom. The van der Waals surface area contributed by atoms with Crippen LogP contribution in [0.5, 0.6) is 0 Å². The molecule has 5 nitrogen and oxygen atoms in total. The molecule has 1 amide bonds. The summed E-state index contributed by atoms with van der Waals surface area (Å²) in [7, 11) is 1.70. The number of rotatable bonds is 3. The number of methoxy groups -OCH3 is 1. The van der Waals surface area contributed by atoms with Gasteiger partial charge in [-0.25, -0.2) is 4.98 Å². The monoisotopic (exact) mass is 291 g/mol. The molecule has 0 radical (unpaired) electrons. The zero-order valence-corrected chi connectivity index (χ0v) is 13.3. The number of hydrogen-bond acceptors (Lipinski definition) is 4. The van der Waals surface area contributed by atoms with Crippen molar-refractivity contribution < 1.29 is 9.53 Å². The summed E-state index contributed by atoms with van der Waals surface area (Å²) < 4.78 is 5.47. The van der Waals surface area contributed by atoms with Gasteiger partial charge in [0.05, 0.1) is 6.10 Å². The van der Waals surface area contributed by atoms with Gasteiger partial charge in [-0.15, -0.1) is 0 Å². The minimum Gasteiger partial charge on any atom is -0.384 e. The molecule has 0 saturated carbocycles. The molecule has 0 aliphatic carbocycles. The van der Waals surface area contributed by atoms with Crippen molar-refractivity contribution in [1.29, 1.82) is 0 Å². The molecule has 2 unspecified atom stereocenters. The number of nitrogens with zero attached hydrogens (tertiary/aromatic N) is 2. The van der Waals surface area contributed by atoms with Gasteiger partial charge in [0, 0.05) is 31.5 Å². The molecular weight excluding hydrogens is 266 g/mol. The van der Waals surface area contributed by atoms with E-state index in [0.717, 1.165) is 18.7 Å². The number of piperidine rings is 1. The molecule has 2 atom stereocenters. The van der Waals surface area contributed by atoms with Crippen molar-refractivity contribution in [3.8, 4) is 0 Å². The highest BCUT2D eigenvalue weighted by atomic mass is 16.5. The average Bonchev–Trinajstić information content (AvgIpc) is 2.46. The van der Waals surface area contributed by atoms with Gasteiger partial charge in [0.1, 0.15) is 5.82 Å². The first-order chi connectivity index (χ1) is 9.92. The Balaban J connectivity index is 2.20. The number of pyridine rings is 1. The van der Waals surface area contributed by atoms with E-state index in [-0.39, 0.29) is 17.9 Å². The van der Waals surface area contributed by atoms with Gasteiger partial charge >= 0.3 is 0 Å². The predicted molar refractivity (Wildman–Crippen MR) is 83.2 cm³/mol. The first kappa shape index (κ1) is 15.8. The van der Waals surface area contributed by atoms with E-state index in [2.05, 4.69) is 11.9 Å². The zero-order chi connectivity index (χ0) is 15.6. The second kappa shape index (κ2) is 6.43. The van der Waals surface area contributed by atoms with Crippen LogP contribution in [0.1, 0.15) is 49.2 Å². The molecule has 1 aliphatic heterocycles. The van der Waals surface area contributed by atoms with Crippen LogP contribution in [0.15, 0.2) is 12.1 Å². The number of nitrogen functional groups attached to an aromatic ring is 1. The van der Waals surface area contributed by atoms with E-state index in [9.17, 15) is 4.79 Å². The van der Waals surface area contributed by atoms with Crippen molar-refractivity contribution in [1.82, 2.24) is 9.88 Å². The molecule has 0 bridgehead atoms. The summed E-state index contributed by atoms with van der Waals surface area (Å²) in [5, 5.41) is 0. The quantitative estimate of drug-likeness (QED) is 0.927. The fraction of sp³-hybridized carbons (Fsp3) is 0.625. The molecule has 21 heavy (non-hydrogen) atoms. The van der Waals surface area contributed by atoms with Crippen molar-refractivity contribution in [2.75, 3.05) is 25.9 Å². The molecule has 1 aliphatic rings. The van der Waals surface area contributed by atoms with Crippen molar-refractivity contribution in [3.05, 3.63) is 23.4 Å². The fourth-order valence-corrected chi connectivity index (χ4v) is 2.70. The number of nitrogens with two attached hydrogens (primary N) is 1. The average molecular weight is 291 g/mol. The maximum Gasteiger partial charge on any atom is 0.254 e. The van der Waals surface area contributed by atoms with Gasteiger partial charge in [-0.2, -0.15) is 0 Å². The van der Waals surface area contributed by atoms with Gasteiger partial charge in [0.15, 0.2) is 0 Å². The van der Waals surface area contributed by atoms with Gasteiger partial charge in [-0.3, -0.25) is 4.79 Å². The topological polar surface area (TPSA) is 68.5 Å². The summed E-state index contributed by atoms with van der Waals surface area (Å²) in [4.78, 5) is 18.8. The molecule has 2 N–H and O–H groups in total. The van der Waals surface area contributed by atoms with Crippen LogP contribution >= 0.6 is 0 Å². The third kappa shape index (κ3) is 3.53. The van der Waals surface area contributed by atoms with Crippen molar-refractivity contribution in [2.45, 2.75) is 39.2 Å². The van der Waals surface area contributed by atoms with E-state index >= 15 is 0 Å². The largest absolute Gasteiger partial charge is 0.384 e. The van der Waals surface area contributed by atoms with Crippen molar-refractivity contribution in [2.24, 2.45) is 5.92 Å². The maximum atomic E-state index is 12.7. The smallest absolute Gasteiger partial charge is 0.254 e. The van der Waals surface area contributed by atoms with Crippen LogP contribution in [0, 0.1) is 5.92 Å². The van der Waals surface area contributed by atoms with Gasteiger partial charge in [-0.1, -0.05) is 20.8 Å². The lowest BCUT2D eigenvalue weighted by Crippen LogP contribution is -2.46. The van der Waals surface area contributed by atoms with Gasteiger partial charge in [0.25, 0.3) is 5.91 Å². The third-order valence-electron chi connectivity index (χ3n) is 4.18. The molecule has 1 saturated heterocycles. The molecule has 1 aromatic heterocycles. The molecule has 116 valence electrons. The van der Waals surface area contributed by atoms with E-state index < -0.39 is 0 Å². The first-order valence-corrected chi connectivity index (χ1v) is 7.52. The second-order valence-corrected chi connectivity index (χ2v) is 6.15. The Hall–Kier alpha value is -1.62. The lowest BCUT2D eigenvalue weighted by molar-refractivity contribution is -0.00157. The lowest BCUT2D eigenvalue weighted by Gasteiger charge is -2.36. The first-order valence-electron chi connectivity index (χ1n) is 7.52. The molecule has 0 aromatic carbocycles. The van der Waals surface area contributed by atoms with E-state index in [1.807, 2.05) is 24.8 Å². The molecule has 2 rings (SSSR count). The van der Waals surface area contributed by atoms with E-state index in [1.54, 1.807) is 13.2 Å². The molecule has 1 fully saturated rings. The summed E-state index contributed by atoms with van der Waals surface area (Å²) in [5.41, 5.74) is 7.31. The molecule has 0 spiro atoms. The van der Waals surface area contributed by atoms with Gasteiger partial charge < -0.3 is 15.4 Å². The Bertz CT molecular complexity index is 516.